The van der Waals surface area contributed by atoms with Crippen molar-refractivity contribution in [2.75, 3.05) is 0 Å². The Bertz CT molecular complexity index is 589. The van der Waals surface area contributed by atoms with Crippen molar-refractivity contribution in [3.8, 4) is 0 Å². The molecular weight excluding hydrogens is 174 g/mol. The normalized spacial score (nSPS) is 11.5. The number of hydrogen-bond acceptors (Lipinski definition) is 1. The van der Waals surface area contributed by atoms with Crippen molar-refractivity contribution in [2.24, 2.45) is 0 Å². The van der Waals surface area contributed by atoms with Gasteiger partial charge in [0.2, 0.25) is 0 Å². The number of fused-ring (bicyclic) bond motifs is 3. The smallest absolute Gasteiger partial charge is 0.144 e. The number of aryl methyl sites for hydroxylation is 1. The molecule has 14 heavy (non-hydrogen) atoms. The number of rotatable bonds is 1. The monoisotopic (exact) mass is 185 g/mol. The SMILES string of the molecule is CCn1ccc2nc3ccccn3c21. The van der Waals surface area contributed by atoms with Crippen LogP contribution in [0.1, 0.15) is 6.92 Å². The molecule has 3 aromatic heterocycles. The van der Waals surface area contributed by atoms with Gasteiger partial charge in [0.1, 0.15) is 16.8 Å². The Balaban J connectivity index is 2.54. The van der Waals surface area contributed by atoms with Crippen LogP contribution in [-0.2, 0) is 6.54 Å². The highest BCUT2D eigenvalue weighted by Gasteiger charge is 2.06. The fourth-order valence-corrected chi connectivity index (χ4v) is 1.88. The molecular formula is C11H11N3. The molecule has 0 saturated carbocycles. The van der Waals surface area contributed by atoms with Crippen LogP contribution in [0.25, 0.3) is 16.8 Å². The molecule has 0 atom stereocenters. The van der Waals surface area contributed by atoms with Crippen molar-refractivity contribution < 1.29 is 0 Å². The maximum absolute atomic E-state index is 4.53. The summed E-state index contributed by atoms with van der Waals surface area (Å²) in [7, 11) is 0. The van der Waals surface area contributed by atoms with Crippen molar-refractivity contribution in [1.82, 2.24) is 14.0 Å². The van der Waals surface area contributed by atoms with Gasteiger partial charge in [0.15, 0.2) is 0 Å². The molecule has 70 valence electrons. The maximum atomic E-state index is 4.53. The first-order chi connectivity index (χ1) is 6.90. The molecule has 0 aliphatic heterocycles. The van der Waals surface area contributed by atoms with Crippen molar-refractivity contribution in [3.63, 3.8) is 0 Å². The second-order valence-corrected chi connectivity index (χ2v) is 3.35. The number of pyridine rings is 1. The van der Waals surface area contributed by atoms with Gasteiger partial charge in [-0.05, 0) is 25.1 Å². The van der Waals surface area contributed by atoms with Gasteiger partial charge in [0.05, 0.1) is 0 Å². The second kappa shape index (κ2) is 2.61. The lowest BCUT2D eigenvalue weighted by Crippen LogP contribution is -1.94. The van der Waals surface area contributed by atoms with Crippen molar-refractivity contribution >= 4 is 16.8 Å². The zero-order chi connectivity index (χ0) is 9.54. The van der Waals surface area contributed by atoms with E-state index in [-0.39, 0.29) is 0 Å². The highest BCUT2D eigenvalue weighted by Crippen LogP contribution is 2.17. The average molecular weight is 185 g/mol. The van der Waals surface area contributed by atoms with E-state index in [0.29, 0.717) is 0 Å². The minimum absolute atomic E-state index is 0.978. The predicted octanol–water partition coefficient (Wildman–Crippen LogP) is 2.31. The molecule has 3 heteroatoms. The van der Waals surface area contributed by atoms with E-state index in [9.17, 15) is 0 Å². The van der Waals surface area contributed by atoms with Gasteiger partial charge in [-0.15, -0.1) is 0 Å². The van der Waals surface area contributed by atoms with E-state index in [2.05, 4.69) is 39.3 Å². The summed E-state index contributed by atoms with van der Waals surface area (Å²) in [5, 5.41) is 0. The zero-order valence-corrected chi connectivity index (χ0v) is 8.01. The molecule has 0 amide bonds. The Kier molecular flexibility index (Phi) is 1.42. The van der Waals surface area contributed by atoms with Crippen molar-refractivity contribution in [2.45, 2.75) is 13.5 Å². The highest BCUT2D eigenvalue weighted by atomic mass is 15.1. The molecule has 0 saturated heterocycles. The van der Waals surface area contributed by atoms with Crippen LogP contribution in [0.15, 0.2) is 36.7 Å². The van der Waals surface area contributed by atoms with E-state index in [1.807, 2.05) is 18.2 Å². The van der Waals surface area contributed by atoms with Crippen molar-refractivity contribution in [3.05, 3.63) is 36.7 Å². The van der Waals surface area contributed by atoms with E-state index in [4.69, 9.17) is 0 Å². The summed E-state index contributed by atoms with van der Waals surface area (Å²) in [6.45, 7) is 3.12. The first-order valence-electron chi connectivity index (χ1n) is 4.82. The summed E-state index contributed by atoms with van der Waals surface area (Å²) in [6.07, 6.45) is 4.13. The van der Waals surface area contributed by atoms with E-state index in [1.165, 1.54) is 5.65 Å². The van der Waals surface area contributed by atoms with E-state index in [0.717, 1.165) is 17.7 Å². The third-order valence-electron chi connectivity index (χ3n) is 2.56. The standard InChI is InChI=1S/C11H11N3/c1-2-13-8-6-9-11(13)14-7-4-3-5-10(14)12-9/h3-8H,2H2,1H3. The summed E-state index contributed by atoms with van der Waals surface area (Å²) >= 11 is 0. The van der Waals surface area contributed by atoms with Gasteiger partial charge in [0.25, 0.3) is 0 Å². The van der Waals surface area contributed by atoms with Gasteiger partial charge in [-0.25, -0.2) is 4.98 Å². The molecule has 0 aliphatic rings. The lowest BCUT2D eigenvalue weighted by atomic mass is 10.5. The largest absolute Gasteiger partial charge is 0.333 e. The molecule has 0 spiro atoms. The maximum Gasteiger partial charge on any atom is 0.144 e. The van der Waals surface area contributed by atoms with E-state index < -0.39 is 0 Å². The van der Waals surface area contributed by atoms with Crippen LogP contribution in [0.4, 0.5) is 0 Å². The first-order valence-corrected chi connectivity index (χ1v) is 4.82. The Labute approximate surface area is 81.6 Å². The molecule has 3 rings (SSSR count). The third-order valence-corrected chi connectivity index (χ3v) is 2.56. The zero-order valence-electron chi connectivity index (χ0n) is 8.01. The summed E-state index contributed by atoms with van der Waals surface area (Å²) < 4.78 is 4.33. The van der Waals surface area contributed by atoms with Crippen LogP contribution in [0.3, 0.4) is 0 Å². The average Bonchev–Trinajstić information content (AvgIpc) is 2.75. The Morgan fingerprint density at radius 3 is 3.00 bits per heavy atom. The Morgan fingerprint density at radius 1 is 1.21 bits per heavy atom. The fourth-order valence-electron chi connectivity index (χ4n) is 1.88. The second-order valence-electron chi connectivity index (χ2n) is 3.35. The minimum atomic E-state index is 0.978. The molecule has 0 bridgehead atoms. The lowest BCUT2D eigenvalue weighted by molar-refractivity contribution is 0.783. The predicted molar refractivity (Wildman–Crippen MR) is 56.4 cm³/mol. The van der Waals surface area contributed by atoms with Gasteiger partial charge >= 0.3 is 0 Å². The van der Waals surface area contributed by atoms with Crippen LogP contribution < -0.4 is 0 Å². The van der Waals surface area contributed by atoms with Crippen LogP contribution in [0.2, 0.25) is 0 Å². The number of hydrogen-bond donors (Lipinski definition) is 0. The van der Waals surface area contributed by atoms with Gasteiger partial charge in [0, 0.05) is 18.9 Å². The van der Waals surface area contributed by atoms with Crippen LogP contribution in [0, 0.1) is 0 Å². The third kappa shape index (κ3) is 0.839. The van der Waals surface area contributed by atoms with Crippen LogP contribution in [0.5, 0.6) is 0 Å². The van der Waals surface area contributed by atoms with Crippen LogP contribution >= 0.6 is 0 Å². The van der Waals surface area contributed by atoms with Crippen molar-refractivity contribution in [1.29, 1.82) is 0 Å². The van der Waals surface area contributed by atoms with Crippen LogP contribution in [-0.4, -0.2) is 14.0 Å². The Morgan fingerprint density at radius 2 is 2.14 bits per heavy atom. The molecule has 0 fully saturated rings. The number of aromatic nitrogens is 3. The molecule has 3 aromatic rings. The molecule has 3 heterocycles. The van der Waals surface area contributed by atoms with Gasteiger partial charge in [-0.2, -0.15) is 0 Å². The number of imidazole rings is 1. The first kappa shape index (κ1) is 7.62. The Hall–Kier alpha value is -1.77. The summed E-state index contributed by atoms with van der Waals surface area (Å²) in [5.74, 6) is 0. The van der Waals surface area contributed by atoms with Gasteiger partial charge in [-0.1, -0.05) is 6.07 Å². The van der Waals surface area contributed by atoms with E-state index in [1.54, 1.807) is 0 Å². The molecule has 0 radical (unpaired) electrons. The van der Waals surface area contributed by atoms with E-state index >= 15 is 0 Å². The quantitative estimate of drug-likeness (QED) is 0.570. The number of nitrogens with zero attached hydrogens (tertiary/aromatic N) is 3. The molecule has 0 aromatic carbocycles. The molecule has 0 unspecified atom stereocenters. The molecule has 3 nitrogen and oxygen atoms in total. The lowest BCUT2D eigenvalue weighted by Gasteiger charge is -1.99. The molecule has 0 aliphatic carbocycles. The summed E-state index contributed by atoms with van der Waals surface area (Å²) in [6, 6.07) is 8.13. The molecule has 0 N–H and O–H groups in total. The minimum Gasteiger partial charge on any atom is -0.333 e. The summed E-state index contributed by atoms with van der Waals surface area (Å²) in [4.78, 5) is 4.53. The fraction of sp³-hybridized carbons (Fsp3) is 0.182. The summed E-state index contributed by atoms with van der Waals surface area (Å²) in [5.41, 5.74) is 3.27. The van der Waals surface area contributed by atoms with Gasteiger partial charge in [-0.3, -0.25) is 4.40 Å². The van der Waals surface area contributed by atoms with Gasteiger partial charge < -0.3 is 4.57 Å². The highest BCUT2D eigenvalue weighted by molar-refractivity contribution is 5.78. The topological polar surface area (TPSA) is 22.2 Å².